The van der Waals surface area contributed by atoms with E-state index in [1.807, 2.05) is 27.7 Å². The molecule has 0 aromatic rings. The van der Waals surface area contributed by atoms with Gasteiger partial charge in [0.25, 0.3) is 0 Å². The van der Waals surface area contributed by atoms with Gasteiger partial charge in [-0.2, -0.15) is 0 Å². The van der Waals surface area contributed by atoms with Gasteiger partial charge in [0.05, 0.1) is 0 Å². The molecule has 3 atom stereocenters. The molecule has 1 fully saturated rings. The van der Waals surface area contributed by atoms with Gasteiger partial charge in [-0.05, 0) is 40.0 Å². The number of rotatable bonds is 2. The summed E-state index contributed by atoms with van der Waals surface area (Å²) < 4.78 is 5.28. The zero-order chi connectivity index (χ0) is 11.8. The van der Waals surface area contributed by atoms with Crippen molar-refractivity contribution in [1.82, 2.24) is 4.90 Å². The monoisotopic (exact) mass is 214 g/mol. The van der Waals surface area contributed by atoms with E-state index in [2.05, 4.69) is 0 Å². The first-order valence-corrected chi connectivity index (χ1v) is 5.44. The Morgan fingerprint density at radius 3 is 2.33 bits per heavy atom. The topological polar surface area (TPSA) is 55.6 Å². The summed E-state index contributed by atoms with van der Waals surface area (Å²) in [4.78, 5) is 13.3. The zero-order valence-electron chi connectivity index (χ0n) is 10.3. The molecule has 1 rings (SSSR count). The van der Waals surface area contributed by atoms with E-state index in [1.54, 1.807) is 11.9 Å². The van der Waals surface area contributed by atoms with Gasteiger partial charge < -0.3 is 15.4 Å². The van der Waals surface area contributed by atoms with Crippen LogP contribution < -0.4 is 5.73 Å². The van der Waals surface area contributed by atoms with Crippen LogP contribution in [-0.4, -0.2) is 35.7 Å². The molecule has 1 saturated carbocycles. The van der Waals surface area contributed by atoms with Gasteiger partial charge in [-0.3, -0.25) is 0 Å². The van der Waals surface area contributed by atoms with Gasteiger partial charge in [-0.15, -0.1) is 0 Å². The van der Waals surface area contributed by atoms with Crippen LogP contribution in [0.25, 0.3) is 0 Å². The molecule has 0 saturated heterocycles. The van der Waals surface area contributed by atoms with E-state index in [-0.39, 0.29) is 18.2 Å². The first-order chi connectivity index (χ1) is 6.72. The molecular weight excluding hydrogens is 192 g/mol. The van der Waals surface area contributed by atoms with Crippen molar-refractivity contribution < 1.29 is 9.53 Å². The summed E-state index contributed by atoms with van der Waals surface area (Å²) in [6.07, 6.45) is 0.739. The van der Waals surface area contributed by atoms with Gasteiger partial charge in [0.2, 0.25) is 0 Å². The van der Waals surface area contributed by atoms with Crippen LogP contribution in [0.1, 0.15) is 34.1 Å². The summed E-state index contributed by atoms with van der Waals surface area (Å²) in [6.45, 7) is 7.62. The van der Waals surface area contributed by atoms with Gasteiger partial charge in [0.15, 0.2) is 0 Å². The second-order valence-corrected chi connectivity index (χ2v) is 5.40. The van der Waals surface area contributed by atoms with E-state index >= 15 is 0 Å². The first kappa shape index (κ1) is 12.3. The second-order valence-electron chi connectivity index (χ2n) is 5.40. The van der Waals surface area contributed by atoms with Crippen molar-refractivity contribution in [3.05, 3.63) is 0 Å². The fourth-order valence-corrected chi connectivity index (χ4v) is 1.58. The van der Waals surface area contributed by atoms with Crippen LogP contribution in [0.15, 0.2) is 0 Å². The number of carbonyl (C=O) groups excluding carboxylic acids is 1. The summed E-state index contributed by atoms with van der Waals surface area (Å²) >= 11 is 0. The minimum Gasteiger partial charge on any atom is -0.444 e. The standard InChI is InChI=1S/C11H22N2O2/c1-7(8-6-9(8)12)13(5)10(14)15-11(2,3)4/h7-9H,6,12H2,1-5H3/t7?,8-,9+/m0/s1. The third kappa shape index (κ3) is 3.38. The molecule has 0 aromatic carbocycles. The number of carbonyl (C=O) groups is 1. The highest BCUT2D eigenvalue weighted by atomic mass is 16.6. The Kier molecular flexibility index (Phi) is 3.28. The molecule has 1 unspecified atom stereocenters. The van der Waals surface area contributed by atoms with Crippen molar-refractivity contribution in [2.24, 2.45) is 11.7 Å². The highest BCUT2D eigenvalue weighted by Gasteiger charge is 2.41. The quantitative estimate of drug-likeness (QED) is 0.759. The van der Waals surface area contributed by atoms with E-state index < -0.39 is 5.60 Å². The minimum absolute atomic E-state index is 0.162. The van der Waals surface area contributed by atoms with Gasteiger partial charge >= 0.3 is 6.09 Å². The predicted octanol–water partition coefficient (Wildman–Crippen LogP) is 1.59. The highest BCUT2D eigenvalue weighted by Crippen LogP contribution is 2.33. The lowest BCUT2D eigenvalue weighted by molar-refractivity contribution is 0.0217. The maximum atomic E-state index is 11.7. The van der Waals surface area contributed by atoms with Crippen LogP contribution in [0.3, 0.4) is 0 Å². The van der Waals surface area contributed by atoms with Gasteiger partial charge in [0.1, 0.15) is 5.60 Å². The molecule has 0 radical (unpaired) electrons. The Hall–Kier alpha value is -0.770. The number of hydrogen-bond donors (Lipinski definition) is 1. The maximum absolute atomic E-state index is 11.7. The smallest absolute Gasteiger partial charge is 0.410 e. The fourth-order valence-electron chi connectivity index (χ4n) is 1.58. The summed E-state index contributed by atoms with van der Waals surface area (Å²) in [5.74, 6) is 0.433. The summed E-state index contributed by atoms with van der Waals surface area (Å²) in [6, 6.07) is 0.416. The zero-order valence-corrected chi connectivity index (χ0v) is 10.3. The van der Waals surface area contributed by atoms with Gasteiger partial charge in [-0.25, -0.2) is 4.79 Å². The number of amides is 1. The van der Waals surface area contributed by atoms with Crippen molar-refractivity contribution in [3.63, 3.8) is 0 Å². The molecule has 4 heteroatoms. The lowest BCUT2D eigenvalue weighted by Crippen LogP contribution is -2.41. The van der Waals surface area contributed by atoms with Crippen LogP contribution in [0.4, 0.5) is 4.79 Å². The van der Waals surface area contributed by atoms with Crippen LogP contribution in [-0.2, 0) is 4.74 Å². The molecule has 88 valence electrons. The molecule has 15 heavy (non-hydrogen) atoms. The predicted molar refractivity (Wildman–Crippen MR) is 59.5 cm³/mol. The Balaban J connectivity index is 2.45. The summed E-state index contributed by atoms with van der Waals surface area (Å²) in [7, 11) is 1.77. The van der Waals surface area contributed by atoms with Crippen LogP contribution >= 0.6 is 0 Å². The molecule has 0 aliphatic heterocycles. The Morgan fingerprint density at radius 1 is 1.53 bits per heavy atom. The molecular formula is C11H22N2O2. The maximum Gasteiger partial charge on any atom is 0.410 e. The number of nitrogens with two attached hydrogens (primary N) is 1. The molecule has 0 bridgehead atoms. The molecule has 0 aromatic heterocycles. The average Bonchev–Trinajstić information content (AvgIpc) is 2.77. The van der Waals surface area contributed by atoms with E-state index in [0.29, 0.717) is 5.92 Å². The largest absolute Gasteiger partial charge is 0.444 e. The first-order valence-electron chi connectivity index (χ1n) is 5.44. The van der Waals surface area contributed by atoms with Crippen LogP contribution in [0.2, 0.25) is 0 Å². The Labute approximate surface area is 91.8 Å². The number of ether oxygens (including phenoxy) is 1. The molecule has 0 spiro atoms. The van der Waals surface area contributed by atoms with Crippen molar-refractivity contribution >= 4 is 6.09 Å². The Morgan fingerprint density at radius 2 is 2.00 bits per heavy atom. The van der Waals surface area contributed by atoms with Crippen LogP contribution in [0, 0.1) is 5.92 Å². The summed E-state index contributed by atoms with van der Waals surface area (Å²) in [5.41, 5.74) is 5.32. The van der Waals surface area contributed by atoms with E-state index in [1.165, 1.54) is 0 Å². The normalized spacial score (nSPS) is 27.1. The number of hydrogen-bond acceptors (Lipinski definition) is 3. The van der Waals surface area contributed by atoms with Crippen molar-refractivity contribution in [2.45, 2.75) is 51.8 Å². The molecule has 0 heterocycles. The second kappa shape index (κ2) is 4.00. The molecule has 1 aliphatic carbocycles. The van der Waals surface area contributed by atoms with Gasteiger partial charge in [-0.1, -0.05) is 0 Å². The van der Waals surface area contributed by atoms with E-state index in [0.717, 1.165) is 6.42 Å². The molecule has 4 nitrogen and oxygen atoms in total. The Bertz CT molecular complexity index is 247. The molecule has 1 aliphatic rings. The minimum atomic E-state index is -0.434. The third-order valence-corrected chi connectivity index (χ3v) is 2.80. The lowest BCUT2D eigenvalue weighted by Gasteiger charge is -2.28. The van der Waals surface area contributed by atoms with Gasteiger partial charge in [0, 0.05) is 19.1 Å². The van der Waals surface area contributed by atoms with Crippen LogP contribution in [0.5, 0.6) is 0 Å². The van der Waals surface area contributed by atoms with Crippen molar-refractivity contribution in [2.75, 3.05) is 7.05 Å². The summed E-state index contributed by atoms with van der Waals surface area (Å²) in [5, 5.41) is 0. The average molecular weight is 214 g/mol. The van der Waals surface area contributed by atoms with Crippen molar-refractivity contribution in [1.29, 1.82) is 0 Å². The lowest BCUT2D eigenvalue weighted by atomic mass is 10.2. The fraction of sp³-hybridized carbons (Fsp3) is 0.909. The van der Waals surface area contributed by atoms with Crippen molar-refractivity contribution in [3.8, 4) is 0 Å². The number of nitrogens with zero attached hydrogens (tertiary/aromatic N) is 1. The third-order valence-electron chi connectivity index (χ3n) is 2.80. The molecule has 1 amide bonds. The SMILES string of the molecule is CC([C@@H]1C[C@H]1N)N(C)C(=O)OC(C)(C)C. The van der Waals surface area contributed by atoms with E-state index in [9.17, 15) is 4.79 Å². The molecule has 2 N–H and O–H groups in total. The highest BCUT2D eigenvalue weighted by molar-refractivity contribution is 5.68. The van der Waals surface area contributed by atoms with E-state index in [4.69, 9.17) is 10.5 Å².